The van der Waals surface area contributed by atoms with Crippen molar-refractivity contribution in [3.8, 4) is 22.9 Å². The van der Waals surface area contributed by atoms with Crippen molar-refractivity contribution in [3.63, 3.8) is 0 Å². The first-order valence-electron chi connectivity index (χ1n) is 7.63. The lowest BCUT2D eigenvalue weighted by molar-refractivity contribution is 0.0996. The van der Waals surface area contributed by atoms with Crippen molar-refractivity contribution in [2.24, 2.45) is 0 Å². The van der Waals surface area contributed by atoms with Gasteiger partial charge in [0.2, 0.25) is 0 Å². The van der Waals surface area contributed by atoms with E-state index in [-0.39, 0.29) is 17.5 Å². The molecule has 8 nitrogen and oxygen atoms in total. The van der Waals surface area contributed by atoms with Crippen LogP contribution in [0.5, 0.6) is 11.6 Å². The smallest absolute Gasteiger partial charge is 0.260 e. The number of hydrogen-bond donors (Lipinski definition) is 2. The number of fused-ring (bicyclic) bond motifs is 1. The molecule has 4 rings (SSSR count). The van der Waals surface area contributed by atoms with Gasteiger partial charge in [0.1, 0.15) is 0 Å². The molecule has 1 aliphatic heterocycles. The number of ether oxygens (including phenoxy) is 1. The van der Waals surface area contributed by atoms with Gasteiger partial charge in [0.05, 0.1) is 42.5 Å². The Morgan fingerprint density at radius 3 is 2.84 bits per heavy atom. The molecule has 0 fully saturated rings. The van der Waals surface area contributed by atoms with Gasteiger partial charge < -0.3 is 9.84 Å². The van der Waals surface area contributed by atoms with E-state index in [9.17, 15) is 9.90 Å². The number of nitrogens with one attached hydrogen (secondary N) is 1. The maximum absolute atomic E-state index is 12.7. The maximum Gasteiger partial charge on any atom is 0.260 e. The molecule has 2 N–H and O–H groups in total. The predicted octanol–water partition coefficient (Wildman–Crippen LogP) is 2.05. The normalized spacial score (nSPS) is 13.2. The summed E-state index contributed by atoms with van der Waals surface area (Å²) in [6.45, 7) is 2.25. The van der Waals surface area contributed by atoms with E-state index in [1.807, 2.05) is 13.0 Å². The summed E-state index contributed by atoms with van der Waals surface area (Å²) in [7, 11) is 1.44. The molecule has 1 amide bonds. The molecule has 4 heterocycles. The van der Waals surface area contributed by atoms with Crippen molar-refractivity contribution >= 4 is 11.6 Å². The predicted molar refractivity (Wildman–Crippen MR) is 89.5 cm³/mol. The molecule has 25 heavy (non-hydrogen) atoms. The highest BCUT2D eigenvalue weighted by molar-refractivity contribution is 6.10. The summed E-state index contributed by atoms with van der Waals surface area (Å²) in [5.41, 5.74) is 4.12. The van der Waals surface area contributed by atoms with Crippen molar-refractivity contribution in [3.05, 3.63) is 47.5 Å². The average molecular weight is 337 g/mol. The summed E-state index contributed by atoms with van der Waals surface area (Å²) in [5, 5.41) is 16.5. The molecular weight excluding hydrogens is 322 g/mol. The van der Waals surface area contributed by atoms with Crippen LogP contribution in [0.1, 0.15) is 21.6 Å². The van der Waals surface area contributed by atoms with Crippen molar-refractivity contribution in [1.29, 1.82) is 0 Å². The van der Waals surface area contributed by atoms with Crippen LogP contribution >= 0.6 is 0 Å². The fraction of sp³-hybridized carbons (Fsp3) is 0.176. The first-order chi connectivity index (χ1) is 12.1. The fourth-order valence-corrected chi connectivity index (χ4v) is 2.99. The zero-order chi connectivity index (χ0) is 17.6. The molecule has 0 aliphatic carbocycles. The second-order valence-electron chi connectivity index (χ2n) is 5.75. The van der Waals surface area contributed by atoms with E-state index in [2.05, 4.69) is 20.2 Å². The number of aryl methyl sites for hydroxylation is 1. The highest BCUT2D eigenvalue weighted by atomic mass is 16.5. The van der Waals surface area contributed by atoms with Crippen molar-refractivity contribution in [1.82, 2.24) is 20.2 Å². The van der Waals surface area contributed by atoms with E-state index in [0.717, 1.165) is 5.56 Å². The quantitative estimate of drug-likeness (QED) is 0.758. The molecule has 0 saturated carbocycles. The van der Waals surface area contributed by atoms with Crippen LogP contribution in [-0.2, 0) is 6.54 Å². The molecule has 0 bridgehead atoms. The number of methoxy groups -OCH3 is 1. The molecule has 0 radical (unpaired) electrons. The van der Waals surface area contributed by atoms with Gasteiger partial charge in [0.25, 0.3) is 11.8 Å². The third-order valence-corrected chi connectivity index (χ3v) is 4.18. The van der Waals surface area contributed by atoms with Crippen LogP contribution in [0, 0.1) is 6.92 Å². The Labute approximate surface area is 143 Å². The SMILES string of the molecule is COc1ncc(-c2cc(C)c3c(n2)CN(c2cn[nH]c2)C3=O)cc1O. The lowest BCUT2D eigenvalue weighted by atomic mass is 10.1. The summed E-state index contributed by atoms with van der Waals surface area (Å²) in [4.78, 5) is 23.0. The van der Waals surface area contributed by atoms with E-state index in [4.69, 9.17) is 4.74 Å². The third-order valence-electron chi connectivity index (χ3n) is 4.18. The fourth-order valence-electron chi connectivity index (χ4n) is 2.99. The first kappa shape index (κ1) is 15.1. The zero-order valence-corrected chi connectivity index (χ0v) is 13.6. The Morgan fingerprint density at radius 2 is 2.16 bits per heavy atom. The lowest BCUT2D eigenvalue weighted by Crippen LogP contribution is -2.22. The van der Waals surface area contributed by atoms with E-state index in [1.54, 1.807) is 29.6 Å². The maximum atomic E-state index is 12.7. The molecule has 3 aromatic rings. The highest BCUT2D eigenvalue weighted by Crippen LogP contribution is 2.33. The first-order valence-corrected chi connectivity index (χ1v) is 7.63. The summed E-state index contributed by atoms with van der Waals surface area (Å²) in [6.07, 6.45) is 4.86. The van der Waals surface area contributed by atoms with Crippen LogP contribution in [0.2, 0.25) is 0 Å². The molecule has 0 aromatic carbocycles. The van der Waals surface area contributed by atoms with Gasteiger partial charge in [-0.1, -0.05) is 0 Å². The molecule has 0 saturated heterocycles. The largest absolute Gasteiger partial charge is 0.503 e. The van der Waals surface area contributed by atoms with Crippen LogP contribution in [0.25, 0.3) is 11.3 Å². The Morgan fingerprint density at radius 1 is 1.32 bits per heavy atom. The Bertz CT molecular complexity index is 969. The van der Waals surface area contributed by atoms with Crippen LogP contribution in [0.3, 0.4) is 0 Å². The summed E-state index contributed by atoms with van der Waals surface area (Å²) >= 11 is 0. The number of anilines is 1. The minimum Gasteiger partial charge on any atom is -0.503 e. The molecule has 126 valence electrons. The number of pyridine rings is 2. The molecule has 0 spiro atoms. The topological polar surface area (TPSA) is 104 Å². The number of nitrogens with zero attached hydrogens (tertiary/aromatic N) is 4. The second-order valence-corrected chi connectivity index (χ2v) is 5.75. The van der Waals surface area contributed by atoms with Crippen LogP contribution in [-0.4, -0.2) is 38.3 Å². The molecule has 1 aliphatic rings. The number of aromatic nitrogens is 4. The van der Waals surface area contributed by atoms with Gasteiger partial charge in [-0.15, -0.1) is 0 Å². The van der Waals surface area contributed by atoms with Gasteiger partial charge in [-0.3, -0.25) is 19.8 Å². The number of rotatable bonds is 3. The van der Waals surface area contributed by atoms with Gasteiger partial charge in [-0.2, -0.15) is 5.10 Å². The van der Waals surface area contributed by atoms with Gasteiger partial charge in [-0.05, 0) is 24.6 Å². The second kappa shape index (κ2) is 5.59. The summed E-state index contributed by atoms with van der Waals surface area (Å²) in [6, 6.07) is 3.36. The van der Waals surface area contributed by atoms with Gasteiger partial charge in [0.15, 0.2) is 5.75 Å². The molecule has 3 aromatic heterocycles. The lowest BCUT2D eigenvalue weighted by Gasteiger charge is -2.11. The van der Waals surface area contributed by atoms with Gasteiger partial charge in [0, 0.05) is 18.0 Å². The highest BCUT2D eigenvalue weighted by Gasteiger charge is 2.32. The molecule has 0 unspecified atom stereocenters. The molecule has 0 atom stereocenters. The minimum absolute atomic E-state index is 0.0592. The van der Waals surface area contributed by atoms with Crippen molar-refractivity contribution in [2.75, 3.05) is 12.0 Å². The van der Waals surface area contributed by atoms with E-state index in [1.165, 1.54) is 7.11 Å². The Hall–Kier alpha value is -3.42. The van der Waals surface area contributed by atoms with Gasteiger partial charge >= 0.3 is 0 Å². The molecule has 8 heteroatoms. The number of aromatic amines is 1. The van der Waals surface area contributed by atoms with Crippen molar-refractivity contribution in [2.45, 2.75) is 13.5 Å². The minimum atomic E-state index is -0.0938. The van der Waals surface area contributed by atoms with E-state index < -0.39 is 0 Å². The zero-order valence-electron chi connectivity index (χ0n) is 13.6. The average Bonchev–Trinajstić information content (AvgIpc) is 3.22. The summed E-state index contributed by atoms with van der Waals surface area (Å²) < 4.78 is 4.96. The van der Waals surface area contributed by atoms with Gasteiger partial charge in [-0.25, -0.2) is 4.98 Å². The number of H-pyrrole nitrogens is 1. The number of carbonyl (C=O) groups excluding carboxylic acids is 1. The van der Waals surface area contributed by atoms with Crippen LogP contribution < -0.4 is 9.64 Å². The Balaban J connectivity index is 1.76. The van der Waals surface area contributed by atoms with Crippen molar-refractivity contribution < 1.29 is 14.6 Å². The number of aromatic hydroxyl groups is 1. The molecular formula is C17H15N5O3. The van der Waals surface area contributed by atoms with Crippen LogP contribution in [0.4, 0.5) is 5.69 Å². The number of amides is 1. The number of carbonyl (C=O) groups is 1. The van der Waals surface area contributed by atoms with E-state index in [0.29, 0.717) is 34.7 Å². The third kappa shape index (κ3) is 2.38. The van der Waals surface area contributed by atoms with Crippen LogP contribution in [0.15, 0.2) is 30.7 Å². The summed E-state index contributed by atoms with van der Waals surface area (Å²) in [5.74, 6) is 0.00245. The monoisotopic (exact) mass is 337 g/mol. The number of hydrogen-bond acceptors (Lipinski definition) is 6. The standard InChI is InChI=1S/C17H15N5O3/c1-9-3-12(10-4-14(23)16(25-2)18-5-10)21-13-8-22(17(24)15(9)13)11-6-19-20-7-11/h3-7,23H,8H2,1-2H3,(H,19,20). The Kier molecular flexibility index (Phi) is 3.38. The van der Waals surface area contributed by atoms with E-state index >= 15 is 0 Å².